The summed E-state index contributed by atoms with van der Waals surface area (Å²) in [5.74, 6) is 2.63. The molecule has 2 aromatic carbocycles. The Morgan fingerprint density at radius 3 is 2.54 bits per heavy atom. The van der Waals surface area contributed by atoms with Crippen molar-refractivity contribution in [3.05, 3.63) is 71.6 Å². The normalized spacial score (nSPS) is 19.2. The van der Waals surface area contributed by atoms with Gasteiger partial charge in [0.2, 0.25) is 5.89 Å². The summed E-state index contributed by atoms with van der Waals surface area (Å²) in [6, 6.07) is 18.7. The van der Waals surface area contributed by atoms with Gasteiger partial charge >= 0.3 is 6.01 Å². The summed E-state index contributed by atoms with van der Waals surface area (Å²) >= 11 is 0. The van der Waals surface area contributed by atoms with Gasteiger partial charge in [0.25, 0.3) is 0 Å². The number of nitrogens with zero attached hydrogens (tertiary/aromatic N) is 2. The van der Waals surface area contributed by atoms with Crippen LogP contribution in [0.1, 0.15) is 29.4 Å². The third kappa shape index (κ3) is 3.40. The van der Waals surface area contributed by atoms with Crippen molar-refractivity contribution in [3.8, 4) is 5.75 Å². The number of nitrogen functional groups attached to an aromatic ring is 1. The van der Waals surface area contributed by atoms with Crippen LogP contribution in [0.15, 0.2) is 59.0 Å². The van der Waals surface area contributed by atoms with E-state index in [4.69, 9.17) is 14.9 Å². The van der Waals surface area contributed by atoms with Gasteiger partial charge in [-0.3, -0.25) is 0 Å². The molecule has 0 spiro atoms. The predicted octanol–water partition coefficient (Wildman–Crippen LogP) is 3.58. The lowest BCUT2D eigenvalue weighted by Gasteiger charge is -2.07. The third-order valence-electron chi connectivity index (χ3n) is 4.40. The Morgan fingerprint density at radius 1 is 1.04 bits per heavy atom. The lowest BCUT2D eigenvalue weighted by Crippen LogP contribution is -1.95. The van der Waals surface area contributed by atoms with Crippen LogP contribution in [-0.4, -0.2) is 10.2 Å². The smallest absolute Gasteiger partial charge is 0.312 e. The van der Waals surface area contributed by atoms with Crippen LogP contribution in [-0.2, 0) is 13.0 Å². The van der Waals surface area contributed by atoms with E-state index in [0.29, 0.717) is 24.3 Å². The lowest BCUT2D eigenvalue weighted by atomic mass is 10.1. The van der Waals surface area contributed by atoms with E-state index in [0.717, 1.165) is 18.6 Å². The second-order valence-corrected chi connectivity index (χ2v) is 6.18. The highest BCUT2D eigenvalue weighted by atomic mass is 16.5. The largest absolute Gasteiger partial charge is 0.489 e. The minimum atomic E-state index is 0.141. The van der Waals surface area contributed by atoms with Crippen molar-refractivity contribution in [1.82, 2.24) is 10.2 Å². The van der Waals surface area contributed by atoms with Crippen molar-refractivity contribution < 1.29 is 9.15 Å². The monoisotopic (exact) mass is 321 g/mol. The topological polar surface area (TPSA) is 74.2 Å². The number of benzene rings is 2. The van der Waals surface area contributed by atoms with Crippen LogP contribution < -0.4 is 10.5 Å². The Bertz CT molecular complexity index is 799. The first kappa shape index (κ1) is 14.8. The zero-order chi connectivity index (χ0) is 16.4. The van der Waals surface area contributed by atoms with Gasteiger partial charge in [-0.2, -0.15) is 0 Å². The van der Waals surface area contributed by atoms with E-state index in [1.165, 1.54) is 11.1 Å². The highest BCUT2D eigenvalue weighted by molar-refractivity contribution is 5.33. The van der Waals surface area contributed by atoms with Crippen molar-refractivity contribution in [3.63, 3.8) is 0 Å². The molecule has 122 valence electrons. The molecule has 1 heterocycles. The van der Waals surface area contributed by atoms with Gasteiger partial charge < -0.3 is 14.9 Å². The zero-order valence-electron chi connectivity index (χ0n) is 13.3. The SMILES string of the molecule is Nc1nnc(C[C@@H]2C[C@H]2c2ccc(OCc3ccccc3)cc2)o1. The van der Waals surface area contributed by atoms with Gasteiger partial charge in [-0.25, -0.2) is 0 Å². The Labute approximate surface area is 140 Å². The van der Waals surface area contributed by atoms with Crippen LogP contribution in [0.5, 0.6) is 5.75 Å². The van der Waals surface area contributed by atoms with Crippen molar-refractivity contribution in [1.29, 1.82) is 0 Å². The predicted molar refractivity (Wildman–Crippen MR) is 90.5 cm³/mol. The minimum absolute atomic E-state index is 0.141. The highest BCUT2D eigenvalue weighted by Gasteiger charge is 2.39. The fourth-order valence-electron chi connectivity index (χ4n) is 3.01. The van der Waals surface area contributed by atoms with Gasteiger partial charge in [0, 0.05) is 6.42 Å². The van der Waals surface area contributed by atoms with E-state index >= 15 is 0 Å². The molecule has 2 N–H and O–H groups in total. The molecule has 0 saturated heterocycles. The summed E-state index contributed by atoms with van der Waals surface area (Å²) < 4.78 is 11.1. The average Bonchev–Trinajstić information content (AvgIpc) is 3.26. The van der Waals surface area contributed by atoms with E-state index in [2.05, 4.69) is 34.5 Å². The van der Waals surface area contributed by atoms with Gasteiger partial charge in [0.05, 0.1) is 0 Å². The fourth-order valence-corrected chi connectivity index (χ4v) is 3.01. The zero-order valence-corrected chi connectivity index (χ0v) is 13.3. The molecule has 1 aliphatic rings. The average molecular weight is 321 g/mol. The molecule has 24 heavy (non-hydrogen) atoms. The molecular weight excluding hydrogens is 302 g/mol. The molecule has 3 aromatic rings. The lowest BCUT2D eigenvalue weighted by molar-refractivity contribution is 0.306. The minimum Gasteiger partial charge on any atom is -0.489 e. The first-order chi connectivity index (χ1) is 11.8. The van der Waals surface area contributed by atoms with Gasteiger partial charge in [-0.1, -0.05) is 47.6 Å². The van der Waals surface area contributed by atoms with Gasteiger partial charge in [-0.15, -0.1) is 5.10 Å². The first-order valence-corrected chi connectivity index (χ1v) is 8.12. The van der Waals surface area contributed by atoms with E-state index < -0.39 is 0 Å². The van der Waals surface area contributed by atoms with Crippen LogP contribution >= 0.6 is 0 Å². The standard InChI is InChI=1S/C19H19N3O2/c20-19-22-21-18(24-19)11-15-10-17(15)14-6-8-16(9-7-14)23-12-13-4-2-1-3-5-13/h1-9,15,17H,10-12H2,(H2,20,22)/t15-,17-/m0/s1. The van der Waals surface area contributed by atoms with Crippen molar-refractivity contribution >= 4 is 6.01 Å². The second kappa shape index (κ2) is 6.35. The van der Waals surface area contributed by atoms with Crippen LogP contribution in [0.4, 0.5) is 6.01 Å². The van der Waals surface area contributed by atoms with Crippen LogP contribution in [0.25, 0.3) is 0 Å². The highest BCUT2D eigenvalue weighted by Crippen LogP contribution is 2.49. The maximum Gasteiger partial charge on any atom is 0.312 e. The van der Waals surface area contributed by atoms with Crippen molar-refractivity contribution in [2.24, 2.45) is 5.92 Å². The van der Waals surface area contributed by atoms with E-state index in [-0.39, 0.29) is 6.01 Å². The molecule has 1 fully saturated rings. The van der Waals surface area contributed by atoms with Crippen molar-refractivity contribution in [2.75, 3.05) is 5.73 Å². The first-order valence-electron chi connectivity index (χ1n) is 8.12. The Kier molecular flexibility index (Phi) is 3.91. The molecule has 0 aliphatic heterocycles. The number of hydrogen-bond donors (Lipinski definition) is 1. The summed E-state index contributed by atoms with van der Waals surface area (Å²) in [4.78, 5) is 0. The number of hydrogen-bond acceptors (Lipinski definition) is 5. The Hall–Kier alpha value is -2.82. The number of ether oxygens (including phenoxy) is 1. The number of anilines is 1. The molecule has 2 atom stereocenters. The van der Waals surface area contributed by atoms with Crippen molar-refractivity contribution in [2.45, 2.75) is 25.4 Å². The summed E-state index contributed by atoms with van der Waals surface area (Å²) in [5.41, 5.74) is 7.96. The number of nitrogens with two attached hydrogens (primary N) is 1. The molecule has 4 rings (SSSR count). The summed E-state index contributed by atoms with van der Waals surface area (Å²) in [6.07, 6.45) is 1.94. The van der Waals surface area contributed by atoms with E-state index in [1.54, 1.807) is 0 Å². The molecule has 1 aromatic heterocycles. The fraction of sp³-hybridized carbons (Fsp3) is 0.263. The summed E-state index contributed by atoms with van der Waals surface area (Å²) in [7, 11) is 0. The molecule has 5 nitrogen and oxygen atoms in total. The molecule has 5 heteroatoms. The Morgan fingerprint density at radius 2 is 1.83 bits per heavy atom. The molecular formula is C19H19N3O2. The summed E-state index contributed by atoms with van der Waals surface area (Å²) in [5, 5.41) is 7.63. The van der Waals surface area contributed by atoms with Crippen LogP contribution in [0.3, 0.4) is 0 Å². The van der Waals surface area contributed by atoms with Crippen LogP contribution in [0.2, 0.25) is 0 Å². The molecule has 0 unspecified atom stereocenters. The van der Waals surface area contributed by atoms with Crippen LogP contribution in [0, 0.1) is 5.92 Å². The van der Waals surface area contributed by atoms with E-state index in [1.807, 2.05) is 30.3 Å². The molecule has 1 aliphatic carbocycles. The number of rotatable bonds is 6. The van der Waals surface area contributed by atoms with E-state index in [9.17, 15) is 0 Å². The molecule has 0 radical (unpaired) electrons. The maximum absolute atomic E-state index is 5.83. The molecule has 1 saturated carbocycles. The van der Waals surface area contributed by atoms with Gasteiger partial charge in [0.15, 0.2) is 0 Å². The number of aromatic nitrogens is 2. The molecule has 0 amide bonds. The maximum atomic E-state index is 5.83. The quantitative estimate of drug-likeness (QED) is 0.751. The summed E-state index contributed by atoms with van der Waals surface area (Å²) in [6.45, 7) is 0.588. The van der Waals surface area contributed by atoms with Gasteiger partial charge in [-0.05, 0) is 41.5 Å². The van der Waals surface area contributed by atoms with Gasteiger partial charge in [0.1, 0.15) is 12.4 Å². The third-order valence-corrected chi connectivity index (χ3v) is 4.40. The Balaban J connectivity index is 1.31. The molecule has 0 bridgehead atoms. The second-order valence-electron chi connectivity index (χ2n) is 6.18.